The zero-order valence-corrected chi connectivity index (χ0v) is 21.2. The molecular formula is C28H34N2O2Si. The molecule has 2 N–H and O–H groups in total. The summed E-state index contributed by atoms with van der Waals surface area (Å²) in [4.78, 5) is 8.21. The van der Waals surface area contributed by atoms with Gasteiger partial charge in [0.15, 0.2) is 13.9 Å². The van der Waals surface area contributed by atoms with Gasteiger partial charge in [-0.1, -0.05) is 87.5 Å². The van der Waals surface area contributed by atoms with Crippen LogP contribution in [-0.4, -0.2) is 30.0 Å². The first kappa shape index (κ1) is 23.4. The van der Waals surface area contributed by atoms with Crippen LogP contribution in [-0.2, 0) is 16.4 Å². The van der Waals surface area contributed by atoms with Gasteiger partial charge in [-0.05, 0) is 53.4 Å². The SMILES string of the molecule is CC(C)(C)[Si](C)(C)OCCc1ccc2nc(C(O)(c3ccccc3)c3ccccc3)[nH]c2c1. The Balaban J connectivity index is 1.64. The number of aromatic amines is 1. The fourth-order valence-corrected chi connectivity index (χ4v) is 4.87. The van der Waals surface area contributed by atoms with Crippen molar-refractivity contribution in [1.82, 2.24) is 9.97 Å². The second-order valence-corrected chi connectivity index (χ2v) is 15.0. The average Bonchev–Trinajstić information content (AvgIpc) is 3.23. The monoisotopic (exact) mass is 458 g/mol. The van der Waals surface area contributed by atoms with E-state index in [0.717, 1.165) is 28.6 Å². The third-order valence-corrected chi connectivity index (χ3v) is 11.5. The molecular weight excluding hydrogens is 424 g/mol. The second kappa shape index (κ2) is 8.90. The third-order valence-electron chi connectivity index (χ3n) is 6.93. The molecule has 0 saturated heterocycles. The molecule has 1 aromatic heterocycles. The van der Waals surface area contributed by atoms with Crippen molar-refractivity contribution in [2.45, 2.75) is 50.9 Å². The van der Waals surface area contributed by atoms with Crippen LogP contribution >= 0.6 is 0 Å². The van der Waals surface area contributed by atoms with E-state index in [0.29, 0.717) is 12.4 Å². The molecule has 0 amide bonds. The van der Waals surface area contributed by atoms with E-state index < -0.39 is 13.9 Å². The Kier molecular flexibility index (Phi) is 6.32. The molecule has 0 saturated carbocycles. The van der Waals surface area contributed by atoms with Gasteiger partial charge >= 0.3 is 0 Å². The van der Waals surface area contributed by atoms with E-state index in [2.05, 4.69) is 51.0 Å². The molecule has 0 fully saturated rings. The van der Waals surface area contributed by atoms with Gasteiger partial charge < -0.3 is 14.5 Å². The number of imidazole rings is 1. The van der Waals surface area contributed by atoms with Crippen LogP contribution in [0.25, 0.3) is 11.0 Å². The highest BCUT2D eigenvalue weighted by Gasteiger charge is 2.38. The average molecular weight is 459 g/mol. The van der Waals surface area contributed by atoms with Crippen LogP contribution in [0.15, 0.2) is 78.9 Å². The Morgan fingerprint density at radius 3 is 2.00 bits per heavy atom. The normalized spacial score (nSPS) is 12.9. The summed E-state index contributed by atoms with van der Waals surface area (Å²) < 4.78 is 6.36. The van der Waals surface area contributed by atoms with Gasteiger partial charge in [0.1, 0.15) is 5.82 Å². The van der Waals surface area contributed by atoms with Gasteiger partial charge in [0, 0.05) is 6.61 Å². The molecule has 0 aliphatic rings. The Bertz CT molecular complexity index is 1170. The first-order valence-electron chi connectivity index (χ1n) is 11.6. The van der Waals surface area contributed by atoms with Crippen molar-refractivity contribution in [3.63, 3.8) is 0 Å². The predicted octanol–water partition coefficient (Wildman–Crippen LogP) is 6.41. The van der Waals surface area contributed by atoms with E-state index in [-0.39, 0.29) is 5.04 Å². The van der Waals surface area contributed by atoms with E-state index in [1.807, 2.05) is 66.7 Å². The lowest BCUT2D eigenvalue weighted by molar-refractivity contribution is 0.117. The standard InChI is InChI=1S/C28H34N2O2Si/c1-27(2,3)33(4,5)32-19-18-21-16-17-24-25(20-21)30-26(29-24)28(31,22-12-8-6-9-13-22)23-14-10-7-11-15-23/h6-17,20,31H,18-19H2,1-5H3,(H,29,30). The highest BCUT2D eigenvalue weighted by Crippen LogP contribution is 2.37. The summed E-state index contributed by atoms with van der Waals surface area (Å²) in [6, 6.07) is 25.6. The molecule has 0 spiro atoms. The fourth-order valence-electron chi connectivity index (χ4n) is 3.82. The maximum absolute atomic E-state index is 12.0. The Morgan fingerprint density at radius 1 is 0.879 bits per heavy atom. The number of rotatable bonds is 7. The van der Waals surface area contributed by atoms with Crippen molar-refractivity contribution in [3.8, 4) is 0 Å². The minimum absolute atomic E-state index is 0.203. The highest BCUT2D eigenvalue weighted by atomic mass is 28.4. The summed E-state index contributed by atoms with van der Waals surface area (Å²) in [5.41, 5.74) is 3.13. The molecule has 0 atom stereocenters. The number of hydrogen-bond donors (Lipinski definition) is 2. The number of fused-ring (bicyclic) bond motifs is 1. The number of nitrogens with zero attached hydrogens (tertiary/aromatic N) is 1. The van der Waals surface area contributed by atoms with Crippen molar-refractivity contribution in [3.05, 3.63) is 101 Å². The van der Waals surface area contributed by atoms with Gasteiger partial charge in [-0.15, -0.1) is 0 Å². The molecule has 172 valence electrons. The van der Waals surface area contributed by atoms with Gasteiger partial charge in [-0.3, -0.25) is 0 Å². The van der Waals surface area contributed by atoms with Crippen LogP contribution < -0.4 is 0 Å². The van der Waals surface area contributed by atoms with Crippen molar-refractivity contribution >= 4 is 19.4 Å². The summed E-state index contributed by atoms with van der Waals surface area (Å²) in [7, 11) is -1.76. The Labute approximate surface area is 197 Å². The smallest absolute Gasteiger partial charge is 0.191 e. The van der Waals surface area contributed by atoms with Crippen LogP contribution in [0.4, 0.5) is 0 Å². The Morgan fingerprint density at radius 2 is 1.45 bits per heavy atom. The summed E-state index contributed by atoms with van der Waals surface area (Å²) in [6.45, 7) is 12.1. The molecule has 33 heavy (non-hydrogen) atoms. The summed E-state index contributed by atoms with van der Waals surface area (Å²) in [5.74, 6) is 0.518. The quantitative estimate of drug-likeness (QED) is 0.315. The number of H-pyrrole nitrogens is 1. The van der Waals surface area contributed by atoms with Crippen LogP contribution in [0.2, 0.25) is 18.1 Å². The fraction of sp³-hybridized carbons (Fsp3) is 0.321. The summed E-state index contributed by atoms with van der Waals surface area (Å²) >= 11 is 0. The predicted molar refractivity (Wildman–Crippen MR) is 138 cm³/mol. The molecule has 0 aliphatic carbocycles. The molecule has 0 radical (unpaired) electrons. The van der Waals surface area contributed by atoms with Crippen molar-refractivity contribution in [2.75, 3.05) is 6.61 Å². The molecule has 4 rings (SSSR count). The first-order chi connectivity index (χ1) is 15.6. The number of aliphatic hydroxyl groups is 1. The van der Waals surface area contributed by atoms with E-state index in [1.165, 1.54) is 5.56 Å². The lowest BCUT2D eigenvalue weighted by atomic mass is 9.85. The first-order valence-corrected chi connectivity index (χ1v) is 14.5. The van der Waals surface area contributed by atoms with E-state index in [9.17, 15) is 5.11 Å². The van der Waals surface area contributed by atoms with Crippen LogP contribution in [0.5, 0.6) is 0 Å². The zero-order chi connectivity index (χ0) is 23.7. The molecule has 5 heteroatoms. The number of hydrogen-bond acceptors (Lipinski definition) is 3. The molecule has 4 nitrogen and oxygen atoms in total. The van der Waals surface area contributed by atoms with Crippen molar-refractivity contribution in [1.29, 1.82) is 0 Å². The van der Waals surface area contributed by atoms with Gasteiger partial charge in [0.25, 0.3) is 0 Å². The van der Waals surface area contributed by atoms with Crippen molar-refractivity contribution in [2.24, 2.45) is 0 Å². The lowest BCUT2D eigenvalue weighted by Gasteiger charge is -2.36. The number of aromatic nitrogens is 2. The van der Waals surface area contributed by atoms with E-state index in [4.69, 9.17) is 9.41 Å². The Hall–Kier alpha value is -2.73. The van der Waals surface area contributed by atoms with Gasteiger partial charge in [-0.2, -0.15) is 0 Å². The highest BCUT2D eigenvalue weighted by molar-refractivity contribution is 6.74. The van der Waals surface area contributed by atoms with Crippen LogP contribution in [0, 0.1) is 0 Å². The zero-order valence-electron chi connectivity index (χ0n) is 20.2. The summed E-state index contributed by atoms with van der Waals surface area (Å²) in [6.07, 6.45) is 0.846. The third kappa shape index (κ3) is 4.67. The number of nitrogens with one attached hydrogen (secondary N) is 1. The molecule has 1 heterocycles. The van der Waals surface area contributed by atoms with Gasteiger partial charge in [0.05, 0.1) is 11.0 Å². The molecule has 4 aromatic rings. The molecule has 0 unspecified atom stereocenters. The lowest BCUT2D eigenvalue weighted by Crippen LogP contribution is -2.41. The van der Waals surface area contributed by atoms with E-state index >= 15 is 0 Å². The number of benzene rings is 3. The molecule has 0 aliphatic heterocycles. The van der Waals surface area contributed by atoms with Crippen molar-refractivity contribution < 1.29 is 9.53 Å². The van der Waals surface area contributed by atoms with E-state index in [1.54, 1.807) is 0 Å². The van der Waals surface area contributed by atoms with Crippen LogP contribution in [0.3, 0.4) is 0 Å². The van der Waals surface area contributed by atoms with Crippen LogP contribution in [0.1, 0.15) is 43.3 Å². The summed E-state index contributed by atoms with van der Waals surface area (Å²) in [5, 5.41) is 12.2. The topological polar surface area (TPSA) is 58.1 Å². The largest absolute Gasteiger partial charge is 0.416 e. The molecule has 0 bridgehead atoms. The minimum Gasteiger partial charge on any atom is -0.416 e. The molecule has 3 aromatic carbocycles. The van der Waals surface area contributed by atoms with Gasteiger partial charge in [-0.25, -0.2) is 4.98 Å². The minimum atomic E-state index is -1.76. The van der Waals surface area contributed by atoms with Gasteiger partial charge in [0.2, 0.25) is 0 Å². The second-order valence-electron chi connectivity index (χ2n) is 10.2. The maximum atomic E-state index is 12.0. The maximum Gasteiger partial charge on any atom is 0.191 e.